The van der Waals surface area contributed by atoms with Crippen LogP contribution in [0.4, 0.5) is 0 Å². The van der Waals surface area contributed by atoms with Gasteiger partial charge in [-0.2, -0.15) is 0 Å². The summed E-state index contributed by atoms with van der Waals surface area (Å²) >= 11 is 8.10. The maximum absolute atomic E-state index is 11.3. The van der Waals surface area contributed by atoms with Gasteiger partial charge in [-0.25, -0.2) is 0 Å². The lowest BCUT2D eigenvalue weighted by Crippen LogP contribution is -2.39. The van der Waals surface area contributed by atoms with Gasteiger partial charge < -0.3 is 9.84 Å². The third-order valence-corrected chi connectivity index (χ3v) is 6.55. The van der Waals surface area contributed by atoms with Crippen molar-refractivity contribution in [1.82, 2.24) is 4.90 Å². The minimum absolute atomic E-state index is 0.0312. The Labute approximate surface area is 163 Å². The van der Waals surface area contributed by atoms with Gasteiger partial charge in [-0.3, -0.25) is 9.69 Å². The molecule has 0 spiro atoms. The maximum Gasteiger partial charge on any atom is 0.306 e. The fraction of sp³-hybridized carbons (Fsp3) is 0.450. The fourth-order valence-corrected chi connectivity index (χ4v) is 4.87. The first-order valence-electron chi connectivity index (χ1n) is 8.92. The van der Waals surface area contributed by atoms with Gasteiger partial charge in [0.15, 0.2) is 0 Å². The number of carboxylic acid groups (broad SMARTS) is 1. The van der Waals surface area contributed by atoms with Gasteiger partial charge in [0.2, 0.25) is 0 Å². The van der Waals surface area contributed by atoms with E-state index >= 15 is 0 Å². The highest BCUT2D eigenvalue weighted by Gasteiger charge is 2.32. The number of aryl methyl sites for hydroxylation is 1. The van der Waals surface area contributed by atoms with Gasteiger partial charge in [0.05, 0.1) is 19.1 Å². The number of ether oxygens (including phenoxy) is 1. The van der Waals surface area contributed by atoms with E-state index in [4.69, 9.17) is 16.3 Å². The average Bonchev–Trinajstić information content (AvgIpc) is 3.11. The molecule has 0 aliphatic carbocycles. The number of hydrogen-bond donors (Lipinski definition) is 1. The summed E-state index contributed by atoms with van der Waals surface area (Å²) in [6.45, 7) is 3.65. The van der Waals surface area contributed by atoms with Crippen LogP contribution in [0, 0.1) is 5.92 Å². The first-order valence-corrected chi connectivity index (χ1v) is 10.1. The zero-order chi connectivity index (χ0) is 18.7. The molecule has 0 saturated carbocycles. The van der Waals surface area contributed by atoms with Crippen LogP contribution in [0.25, 0.3) is 0 Å². The summed E-state index contributed by atoms with van der Waals surface area (Å²) in [5, 5.41) is 9.98. The monoisotopic (exact) mass is 393 g/mol. The number of halogens is 1. The minimum Gasteiger partial charge on any atom is -0.496 e. The van der Waals surface area contributed by atoms with E-state index in [2.05, 4.69) is 24.0 Å². The molecule has 1 aliphatic rings. The van der Waals surface area contributed by atoms with Crippen LogP contribution in [0.3, 0.4) is 0 Å². The lowest BCUT2D eigenvalue weighted by atomic mass is 9.93. The SMILES string of the molecule is CCc1ccc(C(c2cc(Cl)ccc2OC)N2CCC(C(=O)O)CC2)s1. The molecule has 1 aromatic carbocycles. The number of likely N-dealkylation sites (tertiary alicyclic amines) is 1. The van der Waals surface area contributed by atoms with E-state index < -0.39 is 5.97 Å². The van der Waals surface area contributed by atoms with Crippen LogP contribution in [0.2, 0.25) is 5.02 Å². The molecule has 1 aromatic heterocycles. The molecule has 1 aliphatic heterocycles. The van der Waals surface area contributed by atoms with Crippen molar-refractivity contribution in [1.29, 1.82) is 0 Å². The Kier molecular flexibility index (Phi) is 6.22. The number of nitrogens with zero attached hydrogens (tertiary/aromatic N) is 1. The van der Waals surface area contributed by atoms with Crippen molar-refractivity contribution in [3.63, 3.8) is 0 Å². The first-order chi connectivity index (χ1) is 12.5. The smallest absolute Gasteiger partial charge is 0.306 e. The first kappa shape index (κ1) is 19.2. The number of piperidine rings is 1. The Morgan fingerprint density at radius 2 is 2.08 bits per heavy atom. The third kappa shape index (κ3) is 4.05. The molecule has 0 amide bonds. The summed E-state index contributed by atoms with van der Waals surface area (Å²) in [4.78, 5) is 16.2. The van der Waals surface area contributed by atoms with Gasteiger partial charge >= 0.3 is 5.97 Å². The van der Waals surface area contributed by atoms with E-state index in [9.17, 15) is 9.90 Å². The Balaban J connectivity index is 1.98. The largest absolute Gasteiger partial charge is 0.496 e. The number of carbonyl (C=O) groups is 1. The molecule has 1 fully saturated rings. The molecule has 1 unspecified atom stereocenters. The molecule has 26 heavy (non-hydrogen) atoms. The number of hydrogen-bond acceptors (Lipinski definition) is 4. The Bertz CT molecular complexity index is 768. The van der Waals surface area contributed by atoms with Crippen LogP contribution in [-0.4, -0.2) is 36.2 Å². The highest BCUT2D eigenvalue weighted by atomic mass is 35.5. The molecule has 2 heterocycles. The summed E-state index contributed by atoms with van der Waals surface area (Å²) in [5.41, 5.74) is 1.04. The summed E-state index contributed by atoms with van der Waals surface area (Å²) in [6.07, 6.45) is 2.34. The predicted octanol–water partition coefficient (Wildman–Crippen LogP) is 4.86. The zero-order valence-corrected chi connectivity index (χ0v) is 16.6. The van der Waals surface area contributed by atoms with Crippen molar-refractivity contribution in [3.05, 3.63) is 50.7 Å². The number of thiophene rings is 1. The maximum atomic E-state index is 11.3. The van der Waals surface area contributed by atoms with Gasteiger partial charge in [0, 0.05) is 20.3 Å². The Morgan fingerprint density at radius 1 is 1.35 bits per heavy atom. The topological polar surface area (TPSA) is 49.8 Å². The fourth-order valence-electron chi connectivity index (χ4n) is 3.58. The van der Waals surface area contributed by atoms with Crippen LogP contribution in [0.15, 0.2) is 30.3 Å². The van der Waals surface area contributed by atoms with Gasteiger partial charge in [-0.05, 0) is 62.7 Å². The molecule has 2 aromatic rings. The molecular weight excluding hydrogens is 370 g/mol. The molecule has 3 rings (SSSR count). The number of rotatable bonds is 6. The van der Waals surface area contributed by atoms with E-state index in [1.54, 1.807) is 18.4 Å². The van der Waals surface area contributed by atoms with Crippen molar-refractivity contribution in [2.75, 3.05) is 20.2 Å². The lowest BCUT2D eigenvalue weighted by Gasteiger charge is -2.37. The van der Waals surface area contributed by atoms with Crippen molar-refractivity contribution in [2.45, 2.75) is 32.2 Å². The van der Waals surface area contributed by atoms with Crippen LogP contribution >= 0.6 is 22.9 Å². The number of methoxy groups -OCH3 is 1. The second-order valence-corrected chi connectivity index (χ2v) is 8.23. The zero-order valence-electron chi connectivity index (χ0n) is 15.1. The average molecular weight is 394 g/mol. The van der Waals surface area contributed by atoms with Crippen LogP contribution in [0.1, 0.15) is 41.1 Å². The van der Waals surface area contributed by atoms with E-state index in [1.165, 1.54) is 9.75 Å². The molecule has 0 bridgehead atoms. The van der Waals surface area contributed by atoms with Crippen molar-refractivity contribution >= 4 is 28.9 Å². The van der Waals surface area contributed by atoms with Crippen LogP contribution in [-0.2, 0) is 11.2 Å². The normalized spacial score (nSPS) is 17.2. The van der Waals surface area contributed by atoms with Gasteiger partial charge in [-0.1, -0.05) is 18.5 Å². The number of aliphatic carboxylic acids is 1. The third-order valence-electron chi connectivity index (χ3n) is 5.03. The molecular formula is C20H24ClNO3S. The van der Waals surface area contributed by atoms with Crippen molar-refractivity contribution in [3.8, 4) is 5.75 Å². The highest BCUT2D eigenvalue weighted by Crippen LogP contribution is 2.40. The van der Waals surface area contributed by atoms with Gasteiger partial charge in [0.25, 0.3) is 0 Å². The van der Waals surface area contributed by atoms with Gasteiger partial charge in [0.1, 0.15) is 5.75 Å². The molecule has 4 nitrogen and oxygen atoms in total. The summed E-state index contributed by atoms with van der Waals surface area (Å²) < 4.78 is 5.61. The summed E-state index contributed by atoms with van der Waals surface area (Å²) in [5.74, 6) is -0.125. The second kappa shape index (κ2) is 8.42. The van der Waals surface area contributed by atoms with Crippen molar-refractivity contribution in [2.24, 2.45) is 5.92 Å². The van der Waals surface area contributed by atoms with E-state index in [1.807, 2.05) is 18.2 Å². The number of benzene rings is 1. The number of carboxylic acids is 1. The Morgan fingerprint density at radius 3 is 2.65 bits per heavy atom. The van der Waals surface area contributed by atoms with Gasteiger partial charge in [-0.15, -0.1) is 11.3 Å². The molecule has 0 radical (unpaired) electrons. The van der Waals surface area contributed by atoms with E-state index in [-0.39, 0.29) is 12.0 Å². The molecule has 1 N–H and O–H groups in total. The van der Waals surface area contributed by atoms with Crippen molar-refractivity contribution < 1.29 is 14.6 Å². The quantitative estimate of drug-likeness (QED) is 0.761. The molecule has 1 saturated heterocycles. The summed E-state index contributed by atoms with van der Waals surface area (Å²) in [6, 6.07) is 10.1. The second-order valence-electron chi connectivity index (χ2n) is 6.59. The van der Waals surface area contributed by atoms with E-state index in [0.29, 0.717) is 17.9 Å². The lowest BCUT2D eigenvalue weighted by molar-refractivity contribution is -0.143. The Hall–Kier alpha value is -1.56. The van der Waals surface area contributed by atoms with Crippen LogP contribution in [0.5, 0.6) is 5.75 Å². The highest BCUT2D eigenvalue weighted by molar-refractivity contribution is 7.12. The summed E-state index contributed by atoms with van der Waals surface area (Å²) in [7, 11) is 1.67. The predicted molar refractivity (Wildman–Crippen MR) is 105 cm³/mol. The molecule has 140 valence electrons. The molecule has 6 heteroatoms. The standard InChI is InChI=1S/C20H24ClNO3S/c1-3-15-5-7-18(26-15)19(16-12-14(21)4-6-17(16)25-2)22-10-8-13(9-11-22)20(23)24/h4-7,12-13,19H,3,8-11H2,1-2H3,(H,23,24). The minimum atomic E-state index is -0.689. The van der Waals surface area contributed by atoms with E-state index in [0.717, 1.165) is 30.8 Å². The van der Waals surface area contributed by atoms with Crippen LogP contribution < -0.4 is 4.74 Å². The molecule has 1 atom stereocenters.